The Morgan fingerprint density at radius 2 is 1.92 bits per heavy atom. The summed E-state index contributed by atoms with van der Waals surface area (Å²) >= 11 is 6.01. The summed E-state index contributed by atoms with van der Waals surface area (Å²) in [5, 5.41) is 4.73. The molecule has 2 aromatic carbocycles. The van der Waals surface area contributed by atoms with Gasteiger partial charge in [0.05, 0.1) is 16.6 Å². The van der Waals surface area contributed by atoms with Crippen LogP contribution in [0.5, 0.6) is 0 Å². The van der Waals surface area contributed by atoms with E-state index in [1.165, 1.54) is 0 Å². The minimum Gasteiger partial charge on any atom is -0.385 e. The minimum atomic E-state index is -0.0237. The van der Waals surface area contributed by atoms with Gasteiger partial charge in [0.2, 0.25) is 0 Å². The Balaban J connectivity index is 2.06. The quantitative estimate of drug-likeness (QED) is 0.736. The average Bonchev–Trinajstić information content (AvgIpc) is 2.62. The van der Waals surface area contributed by atoms with E-state index in [2.05, 4.69) is 19.2 Å². The summed E-state index contributed by atoms with van der Waals surface area (Å²) in [6, 6.07) is 11.2. The second-order valence-corrected chi connectivity index (χ2v) is 7.20. The molecule has 1 aromatic heterocycles. The first kappa shape index (κ1) is 16.2. The van der Waals surface area contributed by atoms with Crippen molar-refractivity contribution in [1.82, 2.24) is 9.55 Å². The van der Waals surface area contributed by atoms with E-state index in [1.54, 1.807) is 16.7 Å². The van der Waals surface area contributed by atoms with E-state index in [4.69, 9.17) is 16.6 Å². The van der Waals surface area contributed by atoms with Crippen molar-refractivity contribution in [2.75, 3.05) is 11.9 Å². The van der Waals surface area contributed by atoms with Crippen LogP contribution >= 0.6 is 11.6 Å². The smallest absolute Gasteiger partial charge is 0.265 e. The molecule has 4 nitrogen and oxygen atoms in total. The number of nitrogens with zero attached hydrogens (tertiary/aromatic N) is 2. The standard InChI is InChI=1S/C20H20ClN3O/c1-12(2)19-23-18-15-4-3-11-22-17(15)10-9-16(18)20(25)24(19)14-7-5-13(21)6-8-14/h5-10,12,22H,3-4,11H2,1-2H3. The summed E-state index contributed by atoms with van der Waals surface area (Å²) in [6.45, 7) is 5.10. The number of hydrogen-bond acceptors (Lipinski definition) is 3. The van der Waals surface area contributed by atoms with Crippen molar-refractivity contribution in [3.05, 3.63) is 63.2 Å². The van der Waals surface area contributed by atoms with E-state index in [-0.39, 0.29) is 11.5 Å². The largest absolute Gasteiger partial charge is 0.385 e. The molecule has 0 aliphatic carbocycles. The van der Waals surface area contributed by atoms with Crippen molar-refractivity contribution in [1.29, 1.82) is 0 Å². The van der Waals surface area contributed by atoms with E-state index in [1.807, 2.05) is 24.3 Å². The number of aryl methyl sites for hydroxylation is 1. The van der Waals surface area contributed by atoms with Crippen LogP contribution < -0.4 is 10.9 Å². The molecule has 4 rings (SSSR count). The molecule has 1 aliphatic heterocycles. The van der Waals surface area contributed by atoms with E-state index in [0.717, 1.165) is 47.7 Å². The highest BCUT2D eigenvalue weighted by Gasteiger charge is 2.20. The van der Waals surface area contributed by atoms with Crippen LogP contribution in [0.4, 0.5) is 5.69 Å². The van der Waals surface area contributed by atoms with Gasteiger partial charge in [-0.15, -0.1) is 0 Å². The van der Waals surface area contributed by atoms with Crippen LogP contribution in [-0.2, 0) is 6.42 Å². The van der Waals surface area contributed by atoms with Gasteiger partial charge in [-0.05, 0) is 49.2 Å². The molecule has 0 saturated carbocycles. The molecule has 0 atom stereocenters. The van der Waals surface area contributed by atoms with Crippen LogP contribution in [0.2, 0.25) is 5.02 Å². The minimum absolute atomic E-state index is 0.0237. The number of aromatic nitrogens is 2. The number of anilines is 1. The van der Waals surface area contributed by atoms with Crippen molar-refractivity contribution < 1.29 is 0 Å². The lowest BCUT2D eigenvalue weighted by Crippen LogP contribution is -2.25. The van der Waals surface area contributed by atoms with Gasteiger partial charge in [0, 0.05) is 28.7 Å². The molecule has 2 heterocycles. The summed E-state index contributed by atoms with van der Waals surface area (Å²) in [7, 11) is 0. The number of rotatable bonds is 2. The molecule has 0 amide bonds. The lowest BCUT2D eigenvalue weighted by atomic mass is 9.99. The molecule has 5 heteroatoms. The third-order valence-electron chi connectivity index (χ3n) is 4.69. The zero-order chi connectivity index (χ0) is 17.6. The van der Waals surface area contributed by atoms with Gasteiger partial charge in [-0.25, -0.2) is 4.98 Å². The highest BCUT2D eigenvalue weighted by atomic mass is 35.5. The zero-order valence-electron chi connectivity index (χ0n) is 14.3. The maximum Gasteiger partial charge on any atom is 0.265 e. The Morgan fingerprint density at radius 1 is 1.16 bits per heavy atom. The van der Waals surface area contributed by atoms with E-state index < -0.39 is 0 Å². The first-order valence-electron chi connectivity index (χ1n) is 8.64. The summed E-state index contributed by atoms with van der Waals surface area (Å²) in [5.41, 5.74) is 3.87. The molecule has 0 radical (unpaired) electrons. The fourth-order valence-electron chi connectivity index (χ4n) is 3.46. The van der Waals surface area contributed by atoms with Crippen LogP contribution in [0.15, 0.2) is 41.2 Å². The summed E-state index contributed by atoms with van der Waals surface area (Å²) in [5.74, 6) is 0.902. The average molecular weight is 354 g/mol. The van der Waals surface area contributed by atoms with Crippen LogP contribution in [0.3, 0.4) is 0 Å². The van der Waals surface area contributed by atoms with Crippen molar-refractivity contribution in [2.24, 2.45) is 0 Å². The second-order valence-electron chi connectivity index (χ2n) is 6.76. The molecular weight excluding hydrogens is 334 g/mol. The fraction of sp³-hybridized carbons (Fsp3) is 0.300. The highest BCUT2D eigenvalue weighted by Crippen LogP contribution is 2.29. The van der Waals surface area contributed by atoms with Crippen molar-refractivity contribution >= 4 is 28.2 Å². The lowest BCUT2D eigenvalue weighted by Gasteiger charge is -2.21. The summed E-state index contributed by atoms with van der Waals surface area (Å²) in [4.78, 5) is 18.2. The monoisotopic (exact) mass is 353 g/mol. The van der Waals surface area contributed by atoms with Gasteiger partial charge >= 0.3 is 0 Å². The molecule has 0 spiro atoms. The SMILES string of the molecule is CC(C)c1nc2c3c(ccc2c(=O)n1-c1ccc(Cl)cc1)NCCC3. The van der Waals surface area contributed by atoms with E-state index in [0.29, 0.717) is 10.4 Å². The summed E-state index contributed by atoms with van der Waals surface area (Å²) < 4.78 is 1.71. The van der Waals surface area contributed by atoms with Gasteiger partial charge in [0.25, 0.3) is 5.56 Å². The zero-order valence-corrected chi connectivity index (χ0v) is 15.1. The maximum atomic E-state index is 13.3. The van der Waals surface area contributed by atoms with Gasteiger partial charge in [-0.1, -0.05) is 25.4 Å². The maximum absolute atomic E-state index is 13.3. The first-order chi connectivity index (χ1) is 12.1. The Hall–Kier alpha value is -2.33. The molecule has 0 fully saturated rings. The first-order valence-corrected chi connectivity index (χ1v) is 9.02. The Morgan fingerprint density at radius 3 is 2.64 bits per heavy atom. The highest BCUT2D eigenvalue weighted by molar-refractivity contribution is 6.30. The van der Waals surface area contributed by atoms with Crippen molar-refractivity contribution in [3.8, 4) is 5.69 Å². The van der Waals surface area contributed by atoms with E-state index >= 15 is 0 Å². The Labute approximate surface area is 151 Å². The molecular formula is C20H20ClN3O. The van der Waals surface area contributed by atoms with Crippen LogP contribution in [0, 0.1) is 0 Å². The Kier molecular flexibility index (Phi) is 4.00. The van der Waals surface area contributed by atoms with Crippen molar-refractivity contribution in [3.63, 3.8) is 0 Å². The molecule has 0 bridgehead atoms. The normalized spacial score (nSPS) is 13.8. The number of hydrogen-bond donors (Lipinski definition) is 1. The van der Waals surface area contributed by atoms with Gasteiger partial charge in [0.1, 0.15) is 5.82 Å². The molecule has 128 valence electrons. The number of fused-ring (bicyclic) bond motifs is 3. The van der Waals surface area contributed by atoms with E-state index in [9.17, 15) is 4.79 Å². The predicted molar refractivity (Wildman–Crippen MR) is 103 cm³/mol. The molecule has 0 unspecified atom stereocenters. The lowest BCUT2D eigenvalue weighted by molar-refractivity contribution is 0.721. The number of halogens is 1. The molecule has 3 aromatic rings. The van der Waals surface area contributed by atoms with Gasteiger partial charge in [0.15, 0.2) is 0 Å². The third-order valence-corrected chi connectivity index (χ3v) is 4.94. The van der Waals surface area contributed by atoms with Crippen molar-refractivity contribution in [2.45, 2.75) is 32.6 Å². The van der Waals surface area contributed by atoms with Gasteiger partial charge in [-0.3, -0.25) is 9.36 Å². The molecule has 1 aliphatic rings. The molecule has 1 N–H and O–H groups in total. The molecule has 0 saturated heterocycles. The Bertz CT molecular complexity index is 1010. The number of nitrogens with one attached hydrogen (secondary N) is 1. The number of benzene rings is 2. The fourth-order valence-corrected chi connectivity index (χ4v) is 3.59. The van der Waals surface area contributed by atoms with Crippen LogP contribution in [0.25, 0.3) is 16.6 Å². The topological polar surface area (TPSA) is 46.9 Å². The third kappa shape index (κ3) is 2.71. The van der Waals surface area contributed by atoms with Gasteiger partial charge < -0.3 is 5.32 Å². The predicted octanol–water partition coefficient (Wildman–Crippen LogP) is 4.52. The van der Waals surface area contributed by atoms with Crippen LogP contribution in [-0.4, -0.2) is 16.1 Å². The summed E-state index contributed by atoms with van der Waals surface area (Å²) in [6.07, 6.45) is 2.01. The van der Waals surface area contributed by atoms with Gasteiger partial charge in [-0.2, -0.15) is 0 Å². The molecule has 25 heavy (non-hydrogen) atoms. The van der Waals surface area contributed by atoms with Crippen LogP contribution in [0.1, 0.15) is 37.6 Å². The second kappa shape index (κ2) is 6.19.